The molecular formula is C14H24N4OS. The third kappa shape index (κ3) is 5.09. The number of aryl methyl sites for hydroxylation is 1. The smallest absolute Gasteiger partial charge is 0.190 e. The van der Waals surface area contributed by atoms with Gasteiger partial charge in [-0.1, -0.05) is 0 Å². The first-order chi connectivity index (χ1) is 9.78. The van der Waals surface area contributed by atoms with E-state index in [1.807, 2.05) is 6.92 Å². The molecule has 1 atom stereocenters. The average Bonchev–Trinajstić information content (AvgIpc) is 3.09. The highest BCUT2D eigenvalue weighted by atomic mass is 32.1. The summed E-state index contributed by atoms with van der Waals surface area (Å²) in [5.74, 6) is 0.856. The Morgan fingerprint density at radius 1 is 1.50 bits per heavy atom. The van der Waals surface area contributed by atoms with E-state index in [1.54, 1.807) is 18.4 Å². The minimum atomic E-state index is 0.429. The molecule has 1 aliphatic heterocycles. The Labute approximate surface area is 124 Å². The molecule has 1 aliphatic rings. The largest absolute Gasteiger partial charge is 0.378 e. The van der Waals surface area contributed by atoms with Crippen LogP contribution in [0.5, 0.6) is 0 Å². The summed E-state index contributed by atoms with van der Waals surface area (Å²) < 4.78 is 5.60. The van der Waals surface area contributed by atoms with Crippen LogP contribution in [-0.4, -0.2) is 43.8 Å². The van der Waals surface area contributed by atoms with Crippen molar-refractivity contribution in [2.45, 2.75) is 38.7 Å². The normalized spacial score (nSPS) is 19.3. The number of nitrogens with zero attached hydrogens (tertiary/aromatic N) is 2. The molecule has 2 rings (SSSR count). The van der Waals surface area contributed by atoms with Gasteiger partial charge in [-0.05, 0) is 26.2 Å². The van der Waals surface area contributed by atoms with Gasteiger partial charge in [0, 0.05) is 38.5 Å². The van der Waals surface area contributed by atoms with E-state index < -0.39 is 0 Å². The van der Waals surface area contributed by atoms with Crippen molar-refractivity contribution in [2.75, 3.05) is 26.7 Å². The maximum absolute atomic E-state index is 5.60. The molecule has 1 aromatic heterocycles. The Kier molecular flexibility index (Phi) is 6.26. The molecule has 1 fully saturated rings. The standard InChI is InChI=1S/C14H24N4OS/c1-11-18-12(10-20-11)5-7-16-14(15-2)17-8-6-13-4-3-9-19-13/h10,13H,3-9H2,1-2H3,(H2,15,16,17). The van der Waals surface area contributed by atoms with E-state index in [9.17, 15) is 0 Å². The molecule has 5 nitrogen and oxygen atoms in total. The van der Waals surface area contributed by atoms with Gasteiger partial charge in [-0.25, -0.2) is 4.98 Å². The third-order valence-electron chi connectivity index (χ3n) is 3.35. The summed E-state index contributed by atoms with van der Waals surface area (Å²) in [6.07, 6.45) is 4.79. The van der Waals surface area contributed by atoms with Gasteiger partial charge in [0.25, 0.3) is 0 Å². The lowest BCUT2D eigenvalue weighted by atomic mass is 10.2. The van der Waals surface area contributed by atoms with Crippen molar-refractivity contribution < 1.29 is 4.74 Å². The number of aliphatic imine (C=N–C) groups is 1. The minimum Gasteiger partial charge on any atom is -0.378 e. The van der Waals surface area contributed by atoms with Gasteiger partial charge >= 0.3 is 0 Å². The average molecular weight is 296 g/mol. The van der Waals surface area contributed by atoms with E-state index in [1.165, 1.54) is 12.8 Å². The highest BCUT2D eigenvalue weighted by molar-refractivity contribution is 7.09. The van der Waals surface area contributed by atoms with Crippen molar-refractivity contribution in [3.63, 3.8) is 0 Å². The molecule has 1 saturated heterocycles. The van der Waals surface area contributed by atoms with Gasteiger partial charge < -0.3 is 15.4 Å². The number of ether oxygens (including phenoxy) is 1. The molecule has 0 bridgehead atoms. The van der Waals surface area contributed by atoms with E-state index in [-0.39, 0.29) is 0 Å². The molecule has 0 spiro atoms. The second-order valence-corrected chi connectivity index (χ2v) is 6.02. The minimum absolute atomic E-state index is 0.429. The van der Waals surface area contributed by atoms with E-state index in [4.69, 9.17) is 4.74 Å². The zero-order chi connectivity index (χ0) is 14.2. The van der Waals surface area contributed by atoms with E-state index in [0.29, 0.717) is 6.10 Å². The fraction of sp³-hybridized carbons (Fsp3) is 0.714. The van der Waals surface area contributed by atoms with Gasteiger partial charge in [0.1, 0.15) is 0 Å². The van der Waals surface area contributed by atoms with Gasteiger partial charge in [-0.3, -0.25) is 4.99 Å². The second kappa shape index (κ2) is 8.21. The molecule has 0 aliphatic carbocycles. The van der Waals surface area contributed by atoms with Crippen LogP contribution in [0.2, 0.25) is 0 Å². The molecule has 2 N–H and O–H groups in total. The highest BCUT2D eigenvalue weighted by Crippen LogP contribution is 2.14. The molecule has 1 aromatic rings. The molecule has 1 unspecified atom stereocenters. The van der Waals surface area contributed by atoms with Crippen LogP contribution in [0.25, 0.3) is 0 Å². The number of hydrogen-bond donors (Lipinski definition) is 2. The zero-order valence-electron chi connectivity index (χ0n) is 12.3. The first kappa shape index (κ1) is 15.3. The molecule has 0 saturated carbocycles. The molecule has 20 heavy (non-hydrogen) atoms. The maximum Gasteiger partial charge on any atom is 0.190 e. The van der Waals surface area contributed by atoms with Crippen LogP contribution in [-0.2, 0) is 11.2 Å². The van der Waals surface area contributed by atoms with Crippen molar-refractivity contribution in [2.24, 2.45) is 4.99 Å². The van der Waals surface area contributed by atoms with Crippen molar-refractivity contribution in [1.29, 1.82) is 0 Å². The lowest BCUT2D eigenvalue weighted by Gasteiger charge is -2.13. The van der Waals surface area contributed by atoms with E-state index in [2.05, 4.69) is 26.0 Å². The summed E-state index contributed by atoms with van der Waals surface area (Å²) in [6, 6.07) is 0. The van der Waals surface area contributed by atoms with Crippen molar-refractivity contribution in [1.82, 2.24) is 15.6 Å². The first-order valence-corrected chi connectivity index (χ1v) is 8.13. The fourth-order valence-electron chi connectivity index (χ4n) is 2.28. The van der Waals surface area contributed by atoms with Crippen molar-refractivity contribution in [3.8, 4) is 0 Å². The predicted molar refractivity (Wildman–Crippen MR) is 83.5 cm³/mol. The SMILES string of the molecule is CN=C(NCCc1csc(C)n1)NCCC1CCCO1. The van der Waals surface area contributed by atoms with Crippen LogP contribution in [0.15, 0.2) is 10.4 Å². The molecule has 0 radical (unpaired) electrons. The Hall–Kier alpha value is -1.14. The Morgan fingerprint density at radius 2 is 2.35 bits per heavy atom. The summed E-state index contributed by atoms with van der Waals surface area (Å²) in [5, 5.41) is 9.88. The quantitative estimate of drug-likeness (QED) is 0.620. The summed E-state index contributed by atoms with van der Waals surface area (Å²) >= 11 is 1.70. The predicted octanol–water partition coefficient (Wildman–Crippen LogP) is 1.73. The number of rotatable bonds is 6. The molecule has 0 aromatic carbocycles. The van der Waals surface area contributed by atoms with Crippen molar-refractivity contribution in [3.05, 3.63) is 16.1 Å². The lowest BCUT2D eigenvalue weighted by molar-refractivity contribution is 0.105. The topological polar surface area (TPSA) is 58.5 Å². The number of guanidine groups is 1. The number of aromatic nitrogens is 1. The molecule has 0 amide bonds. The van der Waals surface area contributed by atoms with Crippen LogP contribution >= 0.6 is 11.3 Å². The first-order valence-electron chi connectivity index (χ1n) is 7.25. The number of thiazole rings is 1. The van der Waals surface area contributed by atoms with Crippen LogP contribution in [0.3, 0.4) is 0 Å². The summed E-state index contributed by atoms with van der Waals surface area (Å²) in [4.78, 5) is 8.67. The second-order valence-electron chi connectivity index (χ2n) is 4.96. The van der Waals surface area contributed by atoms with Gasteiger partial charge in [0.15, 0.2) is 5.96 Å². The molecular weight excluding hydrogens is 272 g/mol. The van der Waals surface area contributed by atoms with Crippen LogP contribution in [0.4, 0.5) is 0 Å². The van der Waals surface area contributed by atoms with Crippen molar-refractivity contribution >= 4 is 17.3 Å². The Bertz CT molecular complexity index is 427. The van der Waals surface area contributed by atoms with Gasteiger partial charge in [-0.15, -0.1) is 11.3 Å². The maximum atomic E-state index is 5.60. The van der Waals surface area contributed by atoms with E-state index >= 15 is 0 Å². The van der Waals surface area contributed by atoms with Crippen LogP contribution in [0, 0.1) is 6.92 Å². The summed E-state index contributed by atoms with van der Waals surface area (Å²) in [7, 11) is 1.80. The van der Waals surface area contributed by atoms with Gasteiger partial charge in [-0.2, -0.15) is 0 Å². The van der Waals surface area contributed by atoms with Gasteiger partial charge in [0.2, 0.25) is 0 Å². The zero-order valence-corrected chi connectivity index (χ0v) is 13.1. The number of hydrogen-bond acceptors (Lipinski definition) is 4. The number of nitrogens with one attached hydrogen (secondary N) is 2. The lowest BCUT2D eigenvalue weighted by Crippen LogP contribution is -2.39. The van der Waals surface area contributed by atoms with Crippen LogP contribution in [0.1, 0.15) is 30.0 Å². The van der Waals surface area contributed by atoms with Gasteiger partial charge in [0.05, 0.1) is 16.8 Å². The summed E-state index contributed by atoms with van der Waals surface area (Å²) in [5.41, 5.74) is 1.15. The molecule has 112 valence electrons. The fourth-order valence-corrected chi connectivity index (χ4v) is 2.92. The Morgan fingerprint density at radius 3 is 3.00 bits per heavy atom. The molecule has 6 heteroatoms. The third-order valence-corrected chi connectivity index (χ3v) is 4.17. The highest BCUT2D eigenvalue weighted by Gasteiger charge is 2.14. The monoisotopic (exact) mass is 296 g/mol. The Balaban J connectivity index is 1.59. The van der Waals surface area contributed by atoms with E-state index in [0.717, 1.165) is 49.2 Å². The van der Waals surface area contributed by atoms with Crippen LogP contribution < -0.4 is 10.6 Å². The molecule has 2 heterocycles. The summed E-state index contributed by atoms with van der Waals surface area (Å²) in [6.45, 7) is 4.71.